The number of rotatable bonds is 7. The van der Waals surface area contributed by atoms with Gasteiger partial charge in [-0.3, -0.25) is 9.59 Å². The Bertz CT molecular complexity index is 196. The van der Waals surface area contributed by atoms with E-state index >= 15 is 0 Å². The molecular formula is C10H16O3. The van der Waals surface area contributed by atoms with Crippen molar-refractivity contribution >= 4 is 11.8 Å². The van der Waals surface area contributed by atoms with Gasteiger partial charge in [0.1, 0.15) is 12.2 Å². The number of aliphatic carboxylic acids is 1. The summed E-state index contributed by atoms with van der Waals surface area (Å²) in [5.74, 6) is -0.819. The molecule has 1 atom stereocenters. The molecule has 0 radical (unpaired) electrons. The number of Topliss-reactive ketones (excluding diaryl/α,β-unsaturated/α-hetero) is 1. The number of carboxylic acids is 1. The molecule has 0 saturated carbocycles. The largest absolute Gasteiger partial charge is 0.481 e. The second kappa shape index (κ2) is 6.40. The summed E-state index contributed by atoms with van der Waals surface area (Å²) in [5, 5.41) is 8.32. The molecule has 0 saturated heterocycles. The van der Waals surface area contributed by atoms with Crippen LogP contribution >= 0.6 is 0 Å². The fraction of sp³-hybridized carbons (Fsp3) is 0.600. The van der Waals surface area contributed by atoms with Crippen LogP contribution in [0.4, 0.5) is 0 Å². The number of hydrogen-bond donors (Lipinski definition) is 1. The Labute approximate surface area is 78.5 Å². The van der Waals surface area contributed by atoms with Crippen LogP contribution in [0.25, 0.3) is 0 Å². The van der Waals surface area contributed by atoms with Crippen LogP contribution in [0, 0.1) is 5.92 Å². The fourth-order valence-electron chi connectivity index (χ4n) is 1.07. The van der Waals surface area contributed by atoms with E-state index in [1.165, 1.54) is 0 Å². The third-order valence-electron chi connectivity index (χ3n) is 1.83. The standard InChI is InChI=1S/C10H16O3/c1-3-4-8(2)5-6-9(11)7-10(12)13/h3,8H,1,4-7H2,2H3,(H,12,13). The molecule has 0 spiro atoms. The lowest BCUT2D eigenvalue weighted by Crippen LogP contribution is -2.07. The van der Waals surface area contributed by atoms with Gasteiger partial charge in [-0.05, 0) is 18.8 Å². The maximum atomic E-state index is 11.0. The first kappa shape index (κ1) is 11.9. The van der Waals surface area contributed by atoms with Crippen LogP contribution in [0.2, 0.25) is 0 Å². The van der Waals surface area contributed by atoms with Crippen molar-refractivity contribution in [3.63, 3.8) is 0 Å². The van der Waals surface area contributed by atoms with Crippen molar-refractivity contribution in [3.05, 3.63) is 12.7 Å². The van der Waals surface area contributed by atoms with Crippen molar-refractivity contribution in [1.82, 2.24) is 0 Å². The molecule has 0 aliphatic heterocycles. The van der Waals surface area contributed by atoms with Gasteiger partial charge in [-0.1, -0.05) is 13.0 Å². The summed E-state index contributed by atoms with van der Waals surface area (Å²) in [7, 11) is 0. The van der Waals surface area contributed by atoms with Crippen LogP contribution in [-0.2, 0) is 9.59 Å². The molecule has 0 bridgehead atoms. The summed E-state index contributed by atoms with van der Waals surface area (Å²) in [5.41, 5.74) is 0. The Hall–Kier alpha value is -1.12. The van der Waals surface area contributed by atoms with Crippen LogP contribution in [0.5, 0.6) is 0 Å². The van der Waals surface area contributed by atoms with Gasteiger partial charge < -0.3 is 5.11 Å². The van der Waals surface area contributed by atoms with Gasteiger partial charge in [0.05, 0.1) is 0 Å². The molecule has 0 heterocycles. The summed E-state index contributed by atoms with van der Waals surface area (Å²) in [6, 6.07) is 0. The van der Waals surface area contributed by atoms with Crippen LogP contribution in [-0.4, -0.2) is 16.9 Å². The lowest BCUT2D eigenvalue weighted by atomic mass is 9.99. The Morgan fingerprint density at radius 3 is 2.62 bits per heavy atom. The number of carboxylic acid groups (broad SMARTS) is 1. The van der Waals surface area contributed by atoms with Crippen molar-refractivity contribution in [3.8, 4) is 0 Å². The molecule has 0 aliphatic rings. The van der Waals surface area contributed by atoms with Gasteiger partial charge >= 0.3 is 5.97 Å². The Morgan fingerprint density at radius 2 is 2.15 bits per heavy atom. The van der Waals surface area contributed by atoms with Gasteiger partial charge in [0, 0.05) is 6.42 Å². The van der Waals surface area contributed by atoms with E-state index in [4.69, 9.17) is 5.11 Å². The maximum Gasteiger partial charge on any atom is 0.310 e. The summed E-state index contributed by atoms with van der Waals surface area (Å²) < 4.78 is 0. The number of allylic oxidation sites excluding steroid dienone is 1. The van der Waals surface area contributed by atoms with Crippen molar-refractivity contribution in [2.75, 3.05) is 0 Å². The molecular weight excluding hydrogens is 168 g/mol. The number of carbonyl (C=O) groups is 2. The monoisotopic (exact) mass is 184 g/mol. The zero-order valence-electron chi connectivity index (χ0n) is 7.95. The lowest BCUT2D eigenvalue weighted by Gasteiger charge is -2.06. The molecule has 0 amide bonds. The first-order chi connectivity index (χ1) is 6.06. The third-order valence-corrected chi connectivity index (χ3v) is 1.83. The second-order valence-electron chi connectivity index (χ2n) is 3.28. The quantitative estimate of drug-likeness (QED) is 0.486. The molecule has 0 fully saturated rings. The second-order valence-corrected chi connectivity index (χ2v) is 3.28. The normalized spacial score (nSPS) is 12.1. The minimum Gasteiger partial charge on any atom is -0.481 e. The molecule has 0 rings (SSSR count). The highest BCUT2D eigenvalue weighted by molar-refractivity contribution is 5.94. The van der Waals surface area contributed by atoms with Gasteiger partial charge in [-0.2, -0.15) is 0 Å². The smallest absolute Gasteiger partial charge is 0.310 e. The average molecular weight is 184 g/mol. The Morgan fingerprint density at radius 1 is 1.54 bits per heavy atom. The van der Waals surface area contributed by atoms with E-state index in [2.05, 4.69) is 6.58 Å². The predicted molar refractivity (Wildman–Crippen MR) is 50.5 cm³/mol. The highest BCUT2D eigenvalue weighted by Crippen LogP contribution is 2.11. The zero-order chi connectivity index (χ0) is 10.3. The van der Waals surface area contributed by atoms with Crippen LogP contribution < -0.4 is 0 Å². The van der Waals surface area contributed by atoms with Gasteiger partial charge in [-0.25, -0.2) is 0 Å². The first-order valence-electron chi connectivity index (χ1n) is 4.40. The first-order valence-corrected chi connectivity index (χ1v) is 4.40. The van der Waals surface area contributed by atoms with Crippen molar-refractivity contribution in [2.45, 2.75) is 32.6 Å². The Balaban J connectivity index is 3.57. The molecule has 1 N–H and O–H groups in total. The number of carbonyl (C=O) groups excluding carboxylic acids is 1. The number of hydrogen-bond acceptors (Lipinski definition) is 2. The maximum absolute atomic E-state index is 11.0. The highest BCUT2D eigenvalue weighted by Gasteiger charge is 2.09. The molecule has 1 unspecified atom stereocenters. The summed E-state index contributed by atoms with van der Waals surface area (Å²) in [6.45, 7) is 5.62. The van der Waals surface area contributed by atoms with E-state index in [0.29, 0.717) is 12.3 Å². The summed E-state index contributed by atoms with van der Waals surface area (Å²) >= 11 is 0. The van der Waals surface area contributed by atoms with E-state index in [1.54, 1.807) is 0 Å². The molecule has 3 heteroatoms. The predicted octanol–water partition coefficient (Wildman–Crippen LogP) is 2.02. The average Bonchev–Trinajstić information content (AvgIpc) is 2.00. The molecule has 74 valence electrons. The summed E-state index contributed by atoms with van der Waals surface area (Å²) in [4.78, 5) is 21.1. The van der Waals surface area contributed by atoms with Gasteiger partial charge in [0.25, 0.3) is 0 Å². The molecule has 0 aromatic rings. The topological polar surface area (TPSA) is 54.4 Å². The fourth-order valence-corrected chi connectivity index (χ4v) is 1.07. The van der Waals surface area contributed by atoms with Gasteiger partial charge in [-0.15, -0.1) is 6.58 Å². The van der Waals surface area contributed by atoms with Crippen LogP contribution in [0.3, 0.4) is 0 Å². The minimum atomic E-state index is -1.04. The molecule has 3 nitrogen and oxygen atoms in total. The number of ketones is 1. The van der Waals surface area contributed by atoms with Crippen molar-refractivity contribution in [1.29, 1.82) is 0 Å². The van der Waals surface area contributed by atoms with Gasteiger partial charge in [0.15, 0.2) is 0 Å². The third kappa shape index (κ3) is 7.25. The zero-order valence-corrected chi connectivity index (χ0v) is 7.95. The van der Waals surface area contributed by atoms with E-state index in [-0.39, 0.29) is 12.2 Å². The van der Waals surface area contributed by atoms with Crippen molar-refractivity contribution < 1.29 is 14.7 Å². The molecule has 0 aliphatic carbocycles. The van der Waals surface area contributed by atoms with Gasteiger partial charge in [0.2, 0.25) is 0 Å². The highest BCUT2D eigenvalue weighted by atomic mass is 16.4. The Kier molecular flexibility index (Phi) is 5.85. The lowest BCUT2D eigenvalue weighted by molar-refractivity contribution is -0.140. The molecule has 0 aromatic heterocycles. The van der Waals surface area contributed by atoms with E-state index in [1.807, 2.05) is 13.0 Å². The van der Waals surface area contributed by atoms with E-state index in [9.17, 15) is 9.59 Å². The SMILES string of the molecule is C=CCC(C)CCC(=O)CC(=O)O. The summed E-state index contributed by atoms with van der Waals surface area (Å²) in [6.07, 6.45) is 3.45. The van der Waals surface area contributed by atoms with E-state index in [0.717, 1.165) is 12.8 Å². The van der Waals surface area contributed by atoms with Crippen LogP contribution in [0.15, 0.2) is 12.7 Å². The van der Waals surface area contributed by atoms with Crippen LogP contribution in [0.1, 0.15) is 32.6 Å². The minimum absolute atomic E-state index is 0.191. The van der Waals surface area contributed by atoms with E-state index < -0.39 is 5.97 Å². The molecule has 13 heavy (non-hydrogen) atoms. The van der Waals surface area contributed by atoms with Crippen molar-refractivity contribution in [2.24, 2.45) is 5.92 Å². The molecule has 0 aromatic carbocycles.